The van der Waals surface area contributed by atoms with Gasteiger partial charge in [0.15, 0.2) is 0 Å². The molecule has 0 aliphatic carbocycles. The number of rotatable bonds is 4. The summed E-state index contributed by atoms with van der Waals surface area (Å²) in [5, 5.41) is 6.66. The first-order chi connectivity index (χ1) is 5.58. The van der Waals surface area contributed by atoms with E-state index in [0.29, 0.717) is 0 Å². The molecule has 0 bridgehead atoms. The largest absolute Gasteiger partial charge is 0.394 e. The third-order valence-electron chi connectivity index (χ3n) is 1.78. The molecule has 0 aliphatic heterocycles. The summed E-state index contributed by atoms with van der Waals surface area (Å²) in [5.74, 6) is 0. The first kappa shape index (κ1) is 10.8. The molecular formula is C8H16N4. The Morgan fingerprint density at radius 1 is 1.67 bits per heavy atom. The Bertz CT molecular complexity index is 211. The van der Waals surface area contributed by atoms with Crippen LogP contribution in [-0.2, 0) is 0 Å². The van der Waals surface area contributed by atoms with Crippen LogP contribution in [-0.4, -0.2) is 12.6 Å². The smallest absolute Gasteiger partial charge is 0.0658 e. The van der Waals surface area contributed by atoms with E-state index in [2.05, 4.69) is 15.3 Å². The zero-order valence-electron chi connectivity index (χ0n) is 8.13. The Balaban J connectivity index is 4.70. The van der Waals surface area contributed by atoms with Crippen LogP contribution in [0, 0.1) is 0 Å². The summed E-state index contributed by atoms with van der Waals surface area (Å²) in [4.78, 5) is 2.81. The van der Waals surface area contributed by atoms with E-state index in [-0.39, 0.29) is 0 Å². The van der Waals surface area contributed by atoms with Crippen molar-refractivity contribution in [2.45, 2.75) is 32.7 Å². The second kappa shape index (κ2) is 4.67. The van der Waals surface area contributed by atoms with Crippen LogP contribution >= 0.6 is 0 Å². The number of hydrogen-bond acceptors (Lipinski definition) is 2. The van der Waals surface area contributed by atoms with E-state index in [1.165, 1.54) is 0 Å². The summed E-state index contributed by atoms with van der Waals surface area (Å²) in [6, 6.07) is 0. The molecule has 0 rings (SSSR count). The topological polar surface area (TPSA) is 60.8 Å². The van der Waals surface area contributed by atoms with Crippen molar-refractivity contribution >= 4 is 0 Å². The second-order valence-electron chi connectivity index (χ2n) is 3.06. The highest BCUT2D eigenvalue weighted by Gasteiger charge is 2.19. The summed E-state index contributed by atoms with van der Waals surface area (Å²) in [6.45, 7) is 5.84. The number of nitrogens with one attached hydrogen (secondary N) is 1. The quantitative estimate of drug-likeness (QED) is 0.391. The van der Waals surface area contributed by atoms with Gasteiger partial charge in [0.25, 0.3) is 0 Å². The van der Waals surface area contributed by atoms with Gasteiger partial charge in [-0.1, -0.05) is 25.9 Å². The van der Waals surface area contributed by atoms with E-state index in [1.54, 1.807) is 0 Å². The lowest BCUT2D eigenvalue weighted by atomic mass is 9.94. The Morgan fingerprint density at radius 2 is 2.25 bits per heavy atom. The molecule has 0 aromatic heterocycles. The van der Waals surface area contributed by atoms with E-state index in [4.69, 9.17) is 5.53 Å². The molecule has 0 unspecified atom stereocenters. The molecule has 0 amide bonds. The lowest BCUT2D eigenvalue weighted by Crippen LogP contribution is -2.20. The molecule has 0 aromatic carbocycles. The van der Waals surface area contributed by atoms with Gasteiger partial charge in [-0.2, -0.15) is 0 Å². The Kier molecular flexibility index (Phi) is 4.22. The lowest BCUT2D eigenvalue weighted by molar-refractivity contribution is 0.582. The average molecular weight is 168 g/mol. The van der Waals surface area contributed by atoms with E-state index < -0.39 is 5.54 Å². The number of azide groups is 1. The van der Waals surface area contributed by atoms with Crippen LogP contribution in [0.4, 0.5) is 0 Å². The molecule has 4 heteroatoms. The van der Waals surface area contributed by atoms with Gasteiger partial charge in [0.2, 0.25) is 0 Å². The maximum Gasteiger partial charge on any atom is 0.0658 e. The van der Waals surface area contributed by atoms with Crippen LogP contribution in [0.2, 0.25) is 0 Å². The summed E-state index contributed by atoms with van der Waals surface area (Å²) in [5.41, 5.74) is 9.00. The van der Waals surface area contributed by atoms with Gasteiger partial charge in [0.1, 0.15) is 0 Å². The molecule has 4 nitrogen and oxygen atoms in total. The Hall–Kier alpha value is -1.15. The van der Waals surface area contributed by atoms with Gasteiger partial charge in [-0.3, -0.25) is 0 Å². The summed E-state index contributed by atoms with van der Waals surface area (Å²) >= 11 is 0. The maximum absolute atomic E-state index is 8.33. The van der Waals surface area contributed by atoms with E-state index in [9.17, 15) is 0 Å². The molecular weight excluding hydrogens is 152 g/mol. The standard InChI is InChI=1S/C8H16N4/c1-5-7(6-10-4)8(2,3)11-12-9/h6,10H,5H2,1-4H3/b7-6+. The molecule has 0 spiro atoms. The van der Waals surface area contributed by atoms with Crippen LogP contribution in [0.3, 0.4) is 0 Å². The monoisotopic (exact) mass is 168 g/mol. The van der Waals surface area contributed by atoms with Crippen LogP contribution < -0.4 is 5.32 Å². The molecule has 12 heavy (non-hydrogen) atoms. The normalized spacial score (nSPS) is 12.2. The van der Waals surface area contributed by atoms with Crippen molar-refractivity contribution in [1.82, 2.24) is 5.32 Å². The van der Waals surface area contributed by atoms with Gasteiger partial charge >= 0.3 is 0 Å². The fourth-order valence-electron chi connectivity index (χ4n) is 1.06. The molecule has 0 saturated heterocycles. The SMILES string of the molecule is CC/C(=C\NC)C(C)(C)N=[N+]=[N-]. The van der Waals surface area contributed by atoms with Crippen LogP contribution in [0.25, 0.3) is 10.4 Å². The molecule has 0 fully saturated rings. The first-order valence-electron chi connectivity index (χ1n) is 4.01. The zero-order valence-corrected chi connectivity index (χ0v) is 8.13. The molecule has 0 saturated carbocycles. The molecule has 68 valence electrons. The molecule has 1 N–H and O–H groups in total. The van der Waals surface area contributed by atoms with Gasteiger partial charge in [0.05, 0.1) is 5.54 Å². The Morgan fingerprint density at radius 3 is 2.58 bits per heavy atom. The predicted molar refractivity (Wildman–Crippen MR) is 50.7 cm³/mol. The summed E-state index contributed by atoms with van der Waals surface area (Å²) in [7, 11) is 1.84. The van der Waals surface area contributed by atoms with Crippen molar-refractivity contribution < 1.29 is 0 Å². The van der Waals surface area contributed by atoms with Gasteiger partial charge in [0, 0.05) is 12.0 Å². The highest BCUT2D eigenvalue weighted by molar-refractivity contribution is 5.16. The average Bonchev–Trinajstić information content (AvgIpc) is 1.99. The fraction of sp³-hybridized carbons (Fsp3) is 0.750. The van der Waals surface area contributed by atoms with E-state index in [0.717, 1.165) is 12.0 Å². The second-order valence-corrected chi connectivity index (χ2v) is 3.06. The van der Waals surface area contributed by atoms with Crippen molar-refractivity contribution in [3.05, 3.63) is 22.2 Å². The molecule has 0 aliphatic rings. The van der Waals surface area contributed by atoms with Gasteiger partial charge < -0.3 is 5.32 Å². The first-order valence-corrected chi connectivity index (χ1v) is 4.01. The maximum atomic E-state index is 8.33. The highest BCUT2D eigenvalue weighted by atomic mass is 15.2. The molecule has 0 atom stereocenters. The third kappa shape index (κ3) is 2.84. The lowest BCUT2D eigenvalue weighted by Gasteiger charge is -2.20. The third-order valence-corrected chi connectivity index (χ3v) is 1.78. The van der Waals surface area contributed by atoms with Crippen molar-refractivity contribution in [1.29, 1.82) is 0 Å². The summed E-state index contributed by atoms with van der Waals surface area (Å²) in [6.07, 6.45) is 2.77. The molecule has 0 radical (unpaired) electrons. The van der Waals surface area contributed by atoms with Crippen LogP contribution in [0.15, 0.2) is 16.9 Å². The van der Waals surface area contributed by atoms with Crippen LogP contribution in [0.1, 0.15) is 27.2 Å². The van der Waals surface area contributed by atoms with Crippen molar-refractivity contribution in [3.63, 3.8) is 0 Å². The molecule has 0 aromatic rings. The van der Waals surface area contributed by atoms with Crippen molar-refractivity contribution in [2.24, 2.45) is 5.11 Å². The minimum atomic E-state index is -0.424. The van der Waals surface area contributed by atoms with Crippen molar-refractivity contribution in [2.75, 3.05) is 7.05 Å². The van der Waals surface area contributed by atoms with Gasteiger partial charge in [-0.15, -0.1) is 0 Å². The van der Waals surface area contributed by atoms with Crippen LogP contribution in [0.5, 0.6) is 0 Å². The van der Waals surface area contributed by atoms with E-state index in [1.807, 2.05) is 34.0 Å². The zero-order chi connectivity index (χ0) is 9.61. The number of hydrogen-bond donors (Lipinski definition) is 1. The predicted octanol–water partition coefficient (Wildman–Crippen LogP) is 2.59. The Labute approximate surface area is 73.3 Å². The van der Waals surface area contributed by atoms with E-state index >= 15 is 0 Å². The van der Waals surface area contributed by atoms with Gasteiger partial charge in [-0.05, 0) is 23.7 Å². The minimum absolute atomic E-state index is 0.424. The fourth-order valence-corrected chi connectivity index (χ4v) is 1.06. The van der Waals surface area contributed by atoms with Crippen molar-refractivity contribution in [3.8, 4) is 0 Å². The van der Waals surface area contributed by atoms with Gasteiger partial charge in [-0.25, -0.2) is 0 Å². The summed E-state index contributed by atoms with van der Waals surface area (Å²) < 4.78 is 0. The minimum Gasteiger partial charge on any atom is -0.394 e. The highest BCUT2D eigenvalue weighted by Crippen LogP contribution is 2.22. The molecule has 0 heterocycles. The number of nitrogens with zero attached hydrogens (tertiary/aromatic N) is 3.